The van der Waals surface area contributed by atoms with Gasteiger partial charge in [0, 0.05) is 24.6 Å². The van der Waals surface area contributed by atoms with Crippen LogP contribution in [-0.4, -0.2) is 33.7 Å². The van der Waals surface area contributed by atoms with Gasteiger partial charge in [-0.3, -0.25) is 9.10 Å². The second-order valence-electron chi connectivity index (χ2n) is 7.43. The number of anilines is 1. The number of carbonyl (C=O) groups excluding carboxylic acids is 1. The number of aryl methyl sites for hydroxylation is 1. The molecule has 1 unspecified atom stereocenters. The number of benzene rings is 2. The minimum Gasteiger partial charge on any atom is -0.351 e. The summed E-state index contributed by atoms with van der Waals surface area (Å²) in [4.78, 5) is 12.6. The standard InChI is InChI=1S/C21H24N2O3S/c1-27(25,26)23-12-11-16-13-17(9-10-20(16)23)21(24)22-14-18-7-4-6-15-5-2-3-8-19(15)18/h2-3,5,8-10,13,18H,4,6-7,11-12,14H2,1H3,(H,22,24). The first-order valence-electron chi connectivity index (χ1n) is 9.40. The molecule has 1 atom stereocenters. The Morgan fingerprint density at radius 2 is 1.96 bits per heavy atom. The van der Waals surface area contributed by atoms with E-state index < -0.39 is 10.0 Å². The zero-order chi connectivity index (χ0) is 19.0. The molecule has 2 aromatic carbocycles. The lowest BCUT2D eigenvalue weighted by Crippen LogP contribution is -2.30. The predicted molar refractivity (Wildman–Crippen MR) is 107 cm³/mol. The first kappa shape index (κ1) is 18.0. The fourth-order valence-electron chi connectivity index (χ4n) is 4.24. The molecule has 0 radical (unpaired) electrons. The van der Waals surface area contributed by atoms with Crippen LogP contribution in [0.25, 0.3) is 0 Å². The van der Waals surface area contributed by atoms with Crippen molar-refractivity contribution in [1.82, 2.24) is 5.32 Å². The average Bonchev–Trinajstić information content (AvgIpc) is 3.09. The Balaban J connectivity index is 1.46. The van der Waals surface area contributed by atoms with Gasteiger partial charge in [-0.1, -0.05) is 24.3 Å². The Morgan fingerprint density at radius 1 is 1.15 bits per heavy atom. The van der Waals surface area contributed by atoms with Crippen molar-refractivity contribution in [1.29, 1.82) is 0 Å². The lowest BCUT2D eigenvalue weighted by Gasteiger charge is -2.25. The maximum Gasteiger partial charge on any atom is 0.251 e. The molecule has 2 aliphatic rings. The van der Waals surface area contributed by atoms with E-state index in [2.05, 4.69) is 29.6 Å². The fourth-order valence-corrected chi connectivity index (χ4v) is 5.20. The molecule has 0 fully saturated rings. The second-order valence-corrected chi connectivity index (χ2v) is 9.33. The number of hydrogen-bond acceptors (Lipinski definition) is 3. The van der Waals surface area contributed by atoms with Crippen LogP contribution >= 0.6 is 0 Å². The third-order valence-corrected chi connectivity index (χ3v) is 6.78. The predicted octanol–water partition coefficient (Wildman–Crippen LogP) is 2.86. The van der Waals surface area contributed by atoms with Crippen LogP contribution in [0, 0.1) is 0 Å². The van der Waals surface area contributed by atoms with E-state index >= 15 is 0 Å². The molecule has 0 bridgehead atoms. The molecule has 1 aliphatic carbocycles. The van der Waals surface area contributed by atoms with E-state index in [-0.39, 0.29) is 5.91 Å². The summed E-state index contributed by atoms with van der Waals surface area (Å²) in [6.07, 6.45) is 5.20. The summed E-state index contributed by atoms with van der Waals surface area (Å²) in [6.45, 7) is 1.07. The Hall–Kier alpha value is -2.34. The fraction of sp³-hybridized carbons (Fsp3) is 0.381. The summed E-state index contributed by atoms with van der Waals surface area (Å²) >= 11 is 0. The van der Waals surface area contributed by atoms with Gasteiger partial charge in [-0.2, -0.15) is 0 Å². The molecule has 0 saturated carbocycles. The maximum absolute atomic E-state index is 12.6. The summed E-state index contributed by atoms with van der Waals surface area (Å²) in [5.74, 6) is 0.257. The number of hydrogen-bond donors (Lipinski definition) is 1. The zero-order valence-electron chi connectivity index (χ0n) is 15.4. The van der Waals surface area contributed by atoms with Gasteiger partial charge in [-0.15, -0.1) is 0 Å². The lowest BCUT2D eigenvalue weighted by molar-refractivity contribution is 0.0950. The third kappa shape index (κ3) is 3.58. The Kier molecular flexibility index (Phi) is 4.68. The van der Waals surface area contributed by atoms with Gasteiger partial charge < -0.3 is 5.32 Å². The van der Waals surface area contributed by atoms with Gasteiger partial charge in [0.1, 0.15) is 0 Å². The largest absolute Gasteiger partial charge is 0.351 e. The molecular weight excluding hydrogens is 360 g/mol. The number of sulfonamides is 1. The molecule has 0 aromatic heterocycles. The molecule has 1 heterocycles. The van der Waals surface area contributed by atoms with Crippen LogP contribution in [-0.2, 0) is 22.9 Å². The summed E-state index contributed by atoms with van der Waals surface area (Å²) in [5, 5.41) is 3.07. The van der Waals surface area contributed by atoms with Crippen molar-refractivity contribution in [3.63, 3.8) is 0 Å². The van der Waals surface area contributed by atoms with Crippen molar-refractivity contribution < 1.29 is 13.2 Å². The highest BCUT2D eigenvalue weighted by Gasteiger charge is 2.27. The van der Waals surface area contributed by atoms with Crippen LogP contribution in [0.3, 0.4) is 0 Å². The molecule has 5 nitrogen and oxygen atoms in total. The van der Waals surface area contributed by atoms with Crippen molar-refractivity contribution in [2.45, 2.75) is 31.6 Å². The van der Waals surface area contributed by atoms with E-state index in [1.54, 1.807) is 12.1 Å². The van der Waals surface area contributed by atoms with Crippen molar-refractivity contribution in [3.05, 3.63) is 64.7 Å². The van der Waals surface area contributed by atoms with Gasteiger partial charge >= 0.3 is 0 Å². The summed E-state index contributed by atoms with van der Waals surface area (Å²) in [5.41, 5.74) is 4.93. The first-order valence-corrected chi connectivity index (χ1v) is 11.2. The molecule has 2 aromatic rings. The van der Waals surface area contributed by atoms with Gasteiger partial charge in [-0.25, -0.2) is 8.42 Å². The van der Waals surface area contributed by atoms with Crippen LogP contribution in [0.5, 0.6) is 0 Å². The van der Waals surface area contributed by atoms with Gasteiger partial charge in [0.05, 0.1) is 11.9 Å². The summed E-state index contributed by atoms with van der Waals surface area (Å²) < 4.78 is 25.1. The number of fused-ring (bicyclic) bond motifs is 2. The summed E-state index contributed by atoms with van der Waals surface area (Å²) in [6, 6.07) is 13.8. The van der Waals surface area contributed by atoms with Crippen LogP contribution in [0.1, 0.15) is 45.8 Å². The first-order chi connectivity index (χ1) is 12.9. The smallest absolute Gasteiger partial charge is 0.251 e. The average molecular weight is 385 g/mol. The van der Waals surface area contributed by atoms with Gasteiger partial charge in [0.2, 0.25) is 10.0 Å². The van der Waals surface area contributed by atoms with Crippen LogP contribution in [0.4, 0.5) is 5.69 Å². The molecule has 0 saturated heterocycles. The van der Waals surface area contributed by atoms with Crippen LogP contribution < -0.4 is 9.62 Å². The molecule has 4 rings (SSSR count). The van der Waals surface area contributed by atoms with Crippen molar-refractivity contribution in [3.8, 4) is 0 Å². The van der Waals surface area contributed by atoms with Crippen LogP contribution in [0.2, 0.25) is 0 Å². The molecule has 27 heavy (non-hydrogen) atoms. The number of rotatable bonds is 4. The van der Waals surface area contributed by atoms with Crippen molar-refractivity contribution >= 4 is 21.6 Å². The number of nitrogens with zero attached hydrogens (tertiary/aromatic N) is 1. The van der Waals surface area contributed by atoms with Gasteiger partial charge in [0.25, 0.3) is 5.91 Å². The Bertz CT molecular complexity index is 985. The van der Waals surface area contributed by atoms with E-state index in [0.717, 1.165) is 24.8 Å². The van der Waals surface area contributed by atoms with Crippen molar-refractivity contribution in [2.24, 2.45) is 0 Å². The normalized spacial score (nSPS) is 18.7. The van der Waals surface area contributed by atoms with E-state index in [0.29, 0.717) is 36.7 Å². The van der Waals surface area contributed by atoms with Crippen molar-refractivity contribution in [2.75, 3.05) is 23.7 Å². The Morgan fingerprint density at radius 3 is 2.78 bits per heavy atom. The summed E-state index contributed by atoms with van der Waals surface area (Å²) in [7, 11) is -3.27. The molecule has 1 amide bonds. The van der Waals surface area contributed by atoms with Gasteiger partial charge in [0.15, 0.2) is 0 Å². The van der Waals surface area contributed by atoms with E-state index in [1.807, 2.05) is 6.07 Å². The number of nitrogens with one attached hydrogen (secondary N) is 1. The van der Waals surface area contributed by atoms with E-state index in [4.69, 9.17) is 0 Å². The third-order valence-electron chi connectivity index (χ3n) is 5.60. The molecule has 6 heteroatoms. The monoisotopic (exact) mass is 384 g/mol. The highest BCUT2D eigenvalue weighted by molar-refractivity contribution is 7.92. The lowest BCUT2D eigenvalue weighted by atomic mass is 9.83. The van der Waals surface area contributed by atoms with Crippen LogP contribution in [0.15, 0.2) is 42.5 Å². The second kappa shape index (κ2) is 7.00. The molecule has 1 aliphatic heterocycles. The highest BCUT2D eigenvalue weighted by atomic mass is 32.2. The minimum absolute atomic E-state index is 0.0985. The van der Waals surface area contributed by atoms with E-state index in [1.165, 1.54) is 21.7 Å². The minimum atomic E-state index is -3.27. The molecule has 0 spiro atoms. The zero-order valence-corrected chi connectivity index (χ0v) is 16.3. The molecular formula is C21H24N2O3S. The number of amides is 1. The molecule has 1 N–H and O–H groups in total. The quantitative estimate of drug-likeness (QED) is 0.881. The Labute approximate surface area is 160 Å². The topological polar surface area (TPSA) is 66.5 Å². The maximum atomic E-state index is 12.6. The highest BCUT2D eigenvalue weighted by Crippen LogP contribution is 2.32. The number of carbonyl (C=O) groups is 1. The SMILES string of the molecule is CS(=O)(=O)N1CCc2cc(C(=O)NCC3CCCc4ccccc43)ccc21. The molecule has 142 valence electrons. The van der Waals surface area contributed by atoms with Gasteiger partial charge in [-0.05, 0) is 60.6 Å². The van der Waals surface area contributed by atoms with E-state index in [9.17, 15) is 13.2 Å².